The fourth-order valence-corrected chi connectivity index (χ4v) is 1.17. The number of hydrogen-bond acceptors (Lipinski definition) is 2. The summed E-state index contributed by atoms with van der Waals surface area (Å²) in [5, 5.41) is 9.36. The highest BCUT2D eigenvalue weighted by molar-refractivity contribution is 9.08. The van der Waals surface area contributed by atoms with Crippen LogP contribution in [0.15, 0.2) is 18.3 Å². The molecule has 0 bridgehead atoms. The summed E-state index contributed by atoms with van der Waals surface area (Å²) in [7, 11) is 1.46. The van der Waals surface area contributed by atoms with E-state index in [2.05, 4.69) is 20.9 Å². The second-order valence-corrected chi connectivity index (χ2v) is 3.06. The van der Waals surface area contributed by atoms with Gasteiger partial charge in [-0.05, 0) is 17.7 Å². The lowest BCUT2D eigenvalue weighted by Gasteiger charge is -2.11. The van der Waals surface area contributed by atoms with Crippen LogP contribution in [-0.4, -0.2) is 23.2 Å². The Bertz CT molecular complexity index is 317. The van der Waals surface area contributed by atoms with E-state index in [1.54, 1.807) is 12.3 Å². The minimum Gasteiger partial charge on any atom is -0.465 e. The molecule has 0 saturated carbocycles. The number of aromatic nitrogens is 1. The van der Waals surface area contributed by atoms with Gasteiger partial charge in [0.1, 0.15) is 5.82 Å². The molecule has 4 nitrogen and oxygen atoms in total. The third kappa shape index (κ3) is 2.42. The summed E-state index contributed by atoms with van der Waals surface area (Å²) in [5.74, 6) is 0.435. The van der Waals surface area contributed by atoms with Crippen molar-refractivity contribution < 1.29 is 9.90 Å². The van der Waals surface area contributed by atoms with Crippen LogP contribution >= 0.6 is 15.9 Å². The lowest BCUT2D eigenvalue weighted by atomic mass is 10.3. The van der Waals surface area contributed by atoms with Crippen LogP contribution in [0.4, 0.5) is 10.6 Å². The van der Waals surface area contributed by atoms with Gasteiger partial charge in [0.15, 0.2) is 0 Å². The van der Waals surface area contributed by atoms with E-state index in [0.717, 1.165) is 10.5 Å². The summed E-state index contributed by atoms with van der Waals surface area (Å²) in [6, 6.07) is 3.55. The van der Waals surface area contributed by atoms with Crippen molar-refractivity contribution in [2.45, 2.75) is 5.33 Å². The quantitative estimate of drug-likeness (QED) is 0.811. The van der Waals surface area contributed by atoms with Gasteiger partial charge in [0, 0.05) is 18.6 Å². The van der Waals surface area contributed by atoms with E-state index in [1.165, 1.54) is 7.05 Å². The SMILES string of the molecule is CN(C(=O)O)c1cc(CBr)ccn1. The minimum atomic E-state index is -1.01. The molecule has 5 heteroatoms. The van der Waals surface area contributed by atoms with Crippen molar-refractivity contribution in [2.24, 2.45) is 0 Å². The summed E-state index contributed by atoms with van der Waals surface area (Å²) >= 11 is 3.28. The number of hydrogen-bond donors (Lipinski definition) is 1. The summed E-state index contributed by atoms with van der Waals surface area (Å²) < 4.78 is 0. The van der Waals surface area contributed by atoms with Gasteiger partial charge in [-0.15, -0.1) is 0 Å². The number of anilines is 1. The molecular weight excluding hydrogens is 236 g/mol. The molecule has 0 aliphatic heterocycles. The standard InChI is InChI=1S/C8H9BrN2O2/c1-11(8(12)13)7-4-6(5-9)2-3-10-7/h2-4H,5H2,1H3,(H,12,13). The molecule has 1 N–H and O–H groups in total. The van der Waals surface area contributed by atoms with Crippen molar-refractivity contribution in [3.05, 3.63) is 23.9 Å². The summed E-state index contributed by atoms with van der Waals surface area (Å²) in [5.41, 5.74) is 0.998. The van der Waals surface area contributed by atoms with Crippen molar-refractivity contribution >= 4 is 27.8 Å². The van der Waals surface area contributed by atoms with Gasteiger partial charge in [0.05, 0.1) is 0 Å². The van der Waals surface area contributed by atoms with Gasteiger partial charge >= 0.3 is 6.09 Å². The summed E-state index contributed by atoms with van der Waals surface area (Å²) in [6.45, 7) is 0. The lowest BCUT2D eigenvalue weighted by molar-refractivity contribution is 0.203. The summed E-state index contributed by atoms with van der Waals surface area (Å²) in [4.78, 5) is 15.6. The van der Waals surface area contributed by atoms with Crippen molar-refractivity contribution in [1.29, 1.82) is 0 Å². The average molecular weight is 245 g/mol. The highest BCUT2D eigenvalue weighted by Crippen LogP contribution is 2.13. The molecule has 0 fully saturated rings. The molecule has 1 aromatic heterocycles. The monoisotopic (exact) mass is 244 g/mol. The third-order valence-corrected chi connectivity index (χ3v) is 2.24. The lowest BCUT2D eigenvalue weighted by Crippen LogP contribution is -2.24. The third-order valence-electron chi connectivity index (χ3n) is 1.59. The highest BCUT2D eigenvalue weighted by atomic mass is 79.9. The molecule has 0 spiro atoms. The molecule has 1 rings (SSSR count). The number of alkyl halides is 1. The van der Waals surface area contributed by atoms with Crippen LogP contribution in [0, 0.1) is 0 Å². The van der Waals surface area contributed by atoms with Crippen LogP contribution in [0.2, 0.25) is 0 Å². The number of rotatable bonds is 2. The first kappa shape index (κ1) is 9.98. The molecule has 0 aliphatic carbocycles. The van der Waals surface area contributed by atoms with Gasteiger partial charge in [-0.3, -0.25) is 4.90 Å². The van der Waals surface area contributed by atoms with E-state index in [1.807, 2.05) is 6.07 Å². The Balaban J connectivity index is 2.94. The van der Waals surface area contributed by atoms with Gasteiger partial charge in [0.2, 0.25) is 0 Å². The van der Waals surface area contributed by atoms with Gasteiger partial charge < -0.3 is 5.11 Å². The number of carbonyl (C=O) groups is 1. The first-order chi connectivity index (χ1) is 6.15. The zero-order valence-corrected chi connectivity index (χ0v) is 8.65. The van der Waals surface area contributed by atoms with Gasteiger partial charge in [-0.2, -0.15) is 0 Å². The van der Waals surface area contributed by atoms with E-state index in [4.69, 9.17) is 5.11 Å². The van der Waals surface area contributed by atoms with Crippen LogP contribution in [0.25, 0.3) is 0 Å². The Morgan fingerprint density at radius 1 is 1.77 bits per heavy atom. The topological polar surface area (TPSA) is 53.4 Å². The molecule has 0 radical (unpaired) electrons. The number of nitrogens with zero attached hydrogens (tertiary/aromatic N) is 2. The Morgan fingerprint density at radius 2 is 2.46 bits per heavy atom. The van der Waals surface area contributed by atoms with Crippen molar-refractivity contribution in [2.75, 3.05) is 11.9 Å². The maximum Gasteiger partial charge on any atom is 0.412 e. The number of pyridine rings is 1. The number of carboxylic acid groups (broad SMARTS) is 1. The largest absolute Gasteiger partial charge is 0.465 e. The van der Waals surface area contributed by atoms with Crippen LogP contribution in [0.5, 0.6) is 0 Å². The van der Waals surface area contributed by atoms with Gasteiger partial charge in [-0.1, -0.05) is 15.9 Å². The van der Waals surface area contributed by atoms with Gasteiger partial charge in [0.25, 0.3) is 0 Å². The molecule has 0 atom stereocenters. The first-order valence-corrected chi connectivity index (χ1v) is 4.75. The molecule has 0 saturated heterocycles. The van der Waals surface area contributed by atoms with Crippen molar-refractivity contribution in [3.8, 4) is 0 Å². The molecular formula is C8H9BrN2O2. The van der Waals surface area contributed by atoms with Crippen LogP contribution in [-0.2, 0) is 5.33 Å². The molecule has 0 aliphatic rings. The van der Waals surface area contributed by atoms with Gasteiger partial charge in [-0.25, -0.2) is 9.78 Å². The van der Waals surface area contributed by atoms with Crippen LogP contribution < -0.4 is 4.90 Å². The molecule has 1 heterocycles. The Hall–Kier alpha value is -1.10. The fourth-order valence-electron chi connectivity index (χ4n) is 0.825. The number of amides is 1. The van der Waals surface area contributed by atoms with E-state index in [9.17, 15) is 4.79 Å². The van der Waals surface area contributed by atoms with Crippen LogP contribution in [0.1, 0.15) is 5.56 Å². The Morgan fingerprint density at radius 3 is 3.00 bits per heavy atom. The zero-order chi connectivity index (χ0) is 9.84. The van der Waals surface area contributed by atoms with Crippen LogP contribution in [0.3, 0.4) is 0 Å². The molecule has 1 aromatic rings. The second kappa shape index (κ2) is 4.23. The molecule has 13 heavy (non-hydrogen) atoms. The zero-order valence-electron chi connectivity index (χ0n) is 7.07. The normalized spacial score (nSPS) is 9.69. The van der Waals surface area contributed by atoms with Crippen molar-refractivity contribution in [3.63, 3.8) is 0 Å². The minimum absolute atomic E-state index is 0.435. The number of halogens is 1. The van der Waals surface area contributed by atoms with E-state index >= 15 is 0 Å². The molecule has 0 unspecified atom stereocenters. The average Bonchev–Trinajstić information content (AvgIpc) is 2.16. The molecule has 1 amide bonds. The molecule has 70 valence electrons. The Labute approximate surface area is 84.3 Å². The van der Waals surface area contributed by atoms with E-state index in [0.29, 0.717) is 11.1 Å². The highest BCUT2D eigenvalue weighted by Gasteiger charge is 2.09. The molecule has 0 aromatic carbocycles. The second-order valence-electron chi connectivity index (χ2n) is 2.50. The first-order valence-electron chi connectivity index (χ1n) is 3.62. The fraction of sp³-hybridized carbons (Fsp3) is 0.250. The van der Waals surface area contributed by atoms with E-state index in [-0.39, 0.29) is 0 Å². The predicted octanol–water partition coefficient (Wildman–Crippen LogP) is 2.09. The maximum atomic E-state index is 10.6. The van der Waals surface area contributed by atoms with E-state index < -0.39 is 6.09 Å². The van der Waals surface area contributed by atoms with Crippen molar-refractivity contribution in [1.82, 2.24) is 4.98 Å². The predicted molar refractivity (Wildman–Crippen MR) is 53.3 cm³/mol. The summed E-state index contributed by atoms with van der Waals surface area (Å²) in [6.07, 6.45) is 0.574. The Kier molecular flexibility index (Phi) is 3.25. The smallest absolute Gasteiger partial charge is 0.412 e. The maximum absolute atomic E-state index is 10.6.